The summed E-state index contributed by atoms with van der Waals surface area (Å²) >= 11 is 0. The van der Waals surface area contributed by atoms with Crippen molar-refractivity contribution in [3.05, 3.63) is 41.9 Å². The lowest BCUT2D eigenvalue weighted by atomic mass is 9.91. The maximum atomic E-state index is 12.6. The molecular weight excluding hydrogens is 388 g/mol. The Hall–Kier alpha value is -2.70. The van der Waals surface area contributed by atoms with Crippen molar-refractivity contribution >= 4 is 17.7 Å². The van der Waals surface area contributed by atoms with Gasteiger partial charge in [0.05, 0.1) is 6.42 Å². The number of anilines is 2. The molecule has 1 unspecified atom stereocenters. The number of hydrogen-bond acceptors (Lipinski definition) is 6. The van der Waals surface area contributed by atoms with Gasteiger partial charge in [0, 0.05) is 56.4 Å². The fraction of sp³-hybridized carbons (Fsp3) is 0.583. The Kier molecular flexibility index (Phi) is 5.74. The average Bonchev–Trinajstić information content (AvgIpc) is 3.01. The third kappa shape index (κ3) is 4.50. The zero-order chi connectivity index (χ0) is 21.2. The van der Waals surface area contributed by atoms with Crippen LogP contribution in [0.2, 0.25) is 0 Å². The number of carbonyl (C=O) groups is 1. The lowest BCUT2D eigenvalue weighted by Crippen LogP contribution is -2.53. The van der Waals surface area contributed by atoms with Gasteiger partial charge in [-0.05, 0) is 62.5 Å². The minimum absolute atomic E-state index is 0.105. The van der Waals surface area contributed by atoms with E-state index in [1.807, 2.05) is 12.1 Å². The molecule has 5 rings (SSSR count). The summed E-state index contributed by atoms with van der Waals surface area (Å²) in [6.07, 6.45) is 10.00. The molecule has 2 aromatic rings. The number of fused-ring (bicyclic) bond motifs is 2. The second-order valence-corrected chi connectivity index (χ2v) is 9.35. The Labute approximate surface area is 184 Å². The van der Waals surface area contributed by atoms with Gasteiger partial charge in [-0.2, -0.15) is 4.98 Å². The number of nitrogens with zero attached hydrogens (tertiary/aromatic N) is 5. The summed E-state index contributed by atoms with van der Waals surface area (Å²) in [7, 11) is 0. The molecule has 0 aromatic carbocycles. The second kappa shape index (κ2) is 8.81. The molecule has 2 aliphatic heterocycles. The summed E-state index contributed by atoms with van der Waals surface area (Å²) in [6, 6.07) is 6.23. The van der Waals surface area contributed by atoms with Gasteiger partial charge < -0.3 is 15.1 Å². The van der Waals surface area contributed by atoms with E-state index < -0.39 is 0 Å². The van der Waals surface area contributed by atoms with E-state index in [0.717, 1.165) is 49.2 Å². The third-order valence-electron chi connectivity index (χ3n) is 7.04. The summed E-state index contributed by atoms with van der Waals surface area (Å²) in [5.41, 5.74) is 2.00. The molecule has 2 bridgehead atoms. The van der Waals surface area contributed by atoms with Crippen LogP contribution < -0.4 is 15.1 Å². The predicted molar refractivity (Wildman–Crippen MR) is 121 cm³/mol. The number of rotatable bonds is 5. The first-order valence-electron chi connectivity index (χ1n) is 11.7. The Morgan fingerprint density at radius 2 is 1.87 bits per heavy atom. The molecule has 164 valence electrons. The molecule has 1 N–H and O–H groups in total. The molecule has 3 aliphatic rings. The molecule has 0 spiro atoms. The smallest absolute Gasteiger partial charge is 0.227 e. The van der Waals surface area contributed by atoms with Crippen molar-refractivity contribution in [2.24, 2.45) is 11.8 Å². The highest BCUT2D eigenvalue weighted by molar-refractivity contribution is 5.79. The van der Waals surface area contributed by atoms with Gasteiger partial charge in [0.2, 0.25) is 11.9 Å². The first-order chi connectivity index (χ1) is 15.2. The van der Waals surface area contributed by atoms with E-state index in [9.17, 15) is 4.79 Å². The van der Waals surface area contributed by atoms with Crippen molar-refractivity contribution in [1.82, 2.24) is 20.3 Å². The predicted octanol–water partition coefficient (Wildman–Crippen LogP) is 2.74. The Bertz CT molecular complexity index is 900. The van der Waals surface area contributed by atoms with Crippen LogP contribution in [-0.4, -0.2) is 53.1 Å². The van der Waals surface area contributed by atoms with Crippen LogP contribution in [-0.2, 0) is 11.2 Å². The minimum Gasteiger partial charge on any atom is -0.356 e. The molecule has 7 nitrogen and oxygen atoms in total. The Morgan fingerprint density at radius 3 is 2.58 bits per heavy atom. The molecule has 1 aliphatic carbocycles. The number of piperidine rings is 2. The van der Waals surface area contributed by atoms with Crippen molar-refractivity contribution in [1.29, 1.82) is 0 Å². The summed E-state index contributed by atoms with van der Waals surface area (Å²) in [6.45, 7) is 6.07. The fourth-order valence-electron chi connectivity index (χ4n) is 5.50. The molecule has 3 atom stereocenters. The number of aryl methyl sites for hydroxylation is 1. The van der Waals surface area contributed by atoms with Crippen LogP contribution in [0.15, 0.2) is 30.6 Å². The third-order valence-corrected chi connectivity index (χ3v) is 7.04. The van der Waals surface area contributed by atoms with Crippen LogP contribution in [0.1, 0.15) is 43.4 Å². The molecule has 2 aromatic heterocycles. The number of aromatic nitrogens is 3. The SMILES string of the molecule is Cc1cc(N2C[C@H]3CC[C@@H](C2)C3NC(=O)Cc2cccnc2)nc(N2CCCCC2)n1. The molecule has 7 heteroatoms. The van der Waals surface area contributed by atoms with Gasteiger partial charge in [-0.25, -0.2) is 4.98 Å². The number of nitrogens with one attached hydrogen (secondary N) is 1. The van der Waals surface area contributed by atoms with Crippen LogP contribution in [0.5, 0.6) is 0 Å². The van der Waals surface area contributed by atoms with Gasteiger partial charge in [0.1, 0.15) is 5.82 Å². The van der Waals surface area contributed by atoms with E-state index >= 15 is 0 Å². The zero-order valence-corrected chi connectivity index (χ0v) is 18.3. The Balaban J connectivity index is 1.25. The summed E-state index contributed by atoms with van der Waals surface area (Å²) in [4.78, 5) is 31.2. The normalized spacial score (nSPS) is 25.5. The summed E-state index contributed by atoms with van der Waals surface area (Å²) in [5.74, 6) is 2.99. The van der Waals surface area contributed by atoms with Gasteiger partial charge >= 0.3 is 0 Å². The van der Waals surface area contributed by atoms with Gasteiger partial charge in [0.25, 0.3) is 0 Å². The molecule has 3 fully saturated rings. The molecular formula is C24H32N6O. The van der Waals surface area contributed by atoms with Crippen molar-refractivity contribution in [3.8, 4) is 0 Å². The van der Waals surface area contributed by atoms with Crippen LogP contribution in [0.4, 0.5) is 11.8 Å². The molecule has 2 saturated heterocycles. The first kappa shape index (κ1) is 20.2. The lowest BCUT2D eigenvalue weighted by Gasteiger charge is -2.39. The number of pyridine rings is 1. The van der Waals surface area contributed by atoms with Gasteiger partial charge in [-0.1, -0.05) is 6.07 Å². The highest BCUT2D eigenvalue weighted by atomic mass is 16.1. The largest absolute Gasteiger partial charge is 0.356 e. The minimum atomic E-state index is 0.105. The van der Waals surface area contributed by atoms with E-state index in [0.29, 0.717) is 18.3 Å². The quantitative estimate of drug-likeness (QED) is 0.802. The number of hydrogen-bond donors (Lipinski definition) is 1. The van der Waals surface area contributed by atoms with Crippen molar-refractivity contribution in [2.45, 2.75) is 51.5 Å². The molecule has 4 heterocycles. The zero-order valence-electron chi connectivity index (χ0n) is 18.3. The maximum Gasteiger partial charge on any atom is 0.227 e. The maximum absolute atomic E-state index is 12.6. The van der Waals surface area contributed by atoms with Gasteiger partial charge in [0.15, 0.2) is 0 Å². The van der Waals surface area contributed by atoms with Crippen LogP contribution >= 0.6 is 0 Å². The summed E-state index contributed by atoms with van der Waals surface area (Å²) < 4.78 is 0. The standard InChI is InChI=1S/C24H32N6O/c1-17-12-21(27-24(26-17)29-10-3-2-4-11-29)30-15-19-7-8-20(16-30)23(19)28-22(31)13-18-6-5-9-25-14-18/h5-6,9,12,14,19-20,23H,2-4,7-8,10-11,13,15-16H2,1H3,(H,28,31)/t19-,20+,23?. The van der Waals surface area contributed by atoms with E-state index in [2.05, 4.69) is 33.1 Å². The second-order valence-electron chi connectivity index (χ2n) is 9.35. The van der Waals surface area contributed by atoms with Crippen LogP contribution in [0.25, 0.3) is 0 Å². The van der Waals surface area contributed by atoms with Crippen LogP contribution in [0.3, 0.4) is 0 Å². The topological polar surface area (TPSA) is 74.2 Å². The van der Waals surface area contributed by atoms with E-state index in [4.69, 9.17) is 9.97 Å². The van der Waals surface area contributed by atoms with Crippen LogP contribution in [0, 0.1) is 18.8 Å². The molecule has 1 amide bonds. The highest BCUT2D eigenvalue weighted by Gasteiger charge is 2.43. The van der Waals surface area contributed by atoms with Gasteiger partial charge in [-0.15, -0.1) is 0 Å². The first-order valence-corrected chi connectivity index (χ1v) is 11.7. The number of carbonyl (C=O) groups excluding carboxylic acids is 1. The van der Waals surface area contributed by atoms with Gasteiger partial charge in [-0.3, -0.25) is 9.78 Å². The fourth-order valence-corrected chi connectivity index (χ4v) is 5.50. The molecule has 31 heavy (non-hydrogen) atoms. The number of amides is 1. The average molecular weight is 421 g/mol. The van der Waals surface area contributed by atoms with Crippen molar-refractivity contribution in [3.63, 3.8) is 0 Å². The van der Waals surface area contributed by atoms with E-state index in [1.54, 1.807) is 12.4 Å². The summed E-state index contributed by atoms with van der Waals surface area (Å²) in [5, 5.41) is 3.34. The molecule has 0 radical (unpaired) electrons. The van der Waals surface area contributed by atoms with Crippen molar-refractivity contribution < 1.29 is 4.79 Å². The van der Waals surface area contributed by atoms with E-state index in [1.165, 1.54) is 32.1 Å². The molecule has 1 saturated carbocycles. The monoisotopic (exact) mass is 420 g/mol. The highest BCUT2D eigenvalue weighted by Crippen LogP contribution is 2.38. The Morgan fingerprint density at radius 1 is 1.10 bits per heavy atom. The lowest BCUT2D eigenvalue weighted by molar-refractivity contribution is -0.121. The van der Waals surface area contributed by atoms with Crippen molar-refractivity contribution in [2.75, 3.05) is 36.0 Å². The van der Waals surface area contributed by atoms with E-state index in [-0.39, 0.29) is 11.9 Å².